The second kappa shape index (κ2) is 5.82. The number of carbonyl (C=O) groups excluding carboxylic acids is 1. The normalized spacial score (nSPS) is 10.3. The highest BCUT2D eigenvalue weighted by atomic mass is 35.5. The van der Waals surface area contributed by atoms with Crippen molar-refractivity contribution in [1.29, 1.82) is 0 Å². The Balaban J connectivity index is 2.13. The first-order valence-electron chi connectivity index (χ1n) is 5.65. The number of hydrogen-bond acceptors (Lipinski definition) is 2. The molecular formula is C14H12ClFN2O. The van der Waals surface area contributed by atoms with Gasteiger partial charge >= 0.3 is 0 Å². The lowest BCUT2D eigenvalue weighted by Gasteiger charge is -2.06. The lowest BCUT2D eigenvalue weighted by Crippen LogP contribution is -2.12. The summed E-state index contributed by atoms with van der Waals surface area (Å²) in [4.78, 5) is 11.9. The fraction of sp³-hybridized carbons (Fsp3) is 0.0714. The Kier molecular flexibility index (Phi) is 4.14. The van der Waals surface area contributed by atoms with Crippen molar-refractivity contribution in [3.8, 4) is 0 Å². The van der Waals surface area contributed by atoms with Gasteiger partial charge in [0.15, 0.2) is 0 Å². The molecule has 0 aliphatic heterocycles. The van der Waals surface area contributed by atoms with Gasteiger partial charge < -0.3 is 11.1 Å². The Morgan fingerprint density at radius 2 is 1.89 bits per heavy atom. The number of amides is 1. The maximum Gasteiger partial charge on any atom is 0.255 e. The number of halogens is 2. The van der Waals surface area contributed by atoms with Gasteiger partial charge in [0, 0.05) is 17.8 Å². The van der Waals surface area contributed by atoms with Gasteiger partial charge in [-0.1, -0.05) is 23.7 Å². The van der Waals surface area contributed by atoms with Crippen LogP contribution in [0.5, 0.6) is 0 Å². The smallest absolute Gasteiger partial charge is 0.255 e. The highest BCUT2D eigenvalue weighted by Gasteiger charge is 2.07. The largest absolute Gasteiger partial charge is 0.326 e. The van der Waals surface area contributed by atoms with E-state index in [1.165, 1.54) is 18.2 Å². The number of benzene rings is 2. The molecule has 0 spiro atoms. The number of rotatable bonds is 3. The van der Waals surface area contributed by atoms with Crippen LogP contribution >= 0.6 is 11.6 Å². The number of hydrogen-bond donors (Lipinski definition) is 2. The molecule has 0 aliphatic carbocycles. The Labute approximate surface area is 115 Å². The maximum atomic E-state index is 13.2. The molecule has 0 unspecified atom stereocenters. The predicted octanol–water partition coefficient (Wildman–Crippen LogP) is 3.19. The zero-order chi connectivity index (χ0) is 13.8. The molecule has 0 saturated carbocycles. The third-order valence-corrected chi connectivity index (χ3v) is 2.94. The molecule has 0 bridgehead atoms. The minimum absolute atomic E-state index is 0.0188. The molecular weight excluding hydrogens is 267 g/mol. The van der Waals surface area contributed by atoms with Crippen LogP contribution in [0.3, 0.4) is 0 Å². The lowest BCUT2D eigenvalue weighted by molar-refractivity contribution is 0.102. The SMILES string of the molecule is NCc1ccc(C(=O)Nc2ccc(Cl)c(F)c2)cc1. The zero-order valence-corrected chi connectivity index (χ0v) is 10.7. The van der Waals surface area contributed by atoms with E-state index in [9.17, 15) is 9.18 Å². The van der Waals surface area contributed by atoms with E-state index in [1.54, 1.807) is 24.3 Å². The summed E-state index contributed by atoms with van der Waals surface area (Å²) in [7, 11) is 0. The van der Waals surface area contributed by atoms with Crippen LogP contribution in [0, 0.1) is 5.82 Å². The monoisotopic (exact) mass is 278 g/mol. The Bertz CT molecular complexity index is 599. The van der Waals surface area contributed by atoms with E-state index in [4.69, 9.17) is 17.3 Å². The summed E-state index contributed by atoms with van der Waals surface area (Å²) in [6, 6.07) is 11.0. The molecule has 98 valence electrons. The first kappa shape index (κ1) is 13.5. The van der Waals surface area contributed by atoms with Crippen molar-refractivity contribution in [2.45, 2.75) is 6.54 Å². The minimum atomic E-state index is -0.571. The second-order valence-electron chi connectivity index (χ2n) is 3.98. The maximum absolute atomic E-state index is 13.2. The number of carbonyl (C=O) groups is 1. The molecule has 0 atom stereocenters. The zero-order valence-electron chi connectivity index (χ0n) is 9.99. The minimum Gasteiger partial charge on any atom is -0.326 e. The van der Waals surface area contributed by atoms with Crippen molar-refractivity contribution in [1.82, 2.24) is 0 Å². The van der Waals surface area contributed by atoms with Gasteiger partial charge in [0.25, 0.3) is 5.91 Å². The van der Waals surface area contributed by atoms with E-state index in [-0.39, 0.29) is 10.9 Å². The molecule has 2 aromatic rings. The Hall–Kier alpha value is -1.91. The van der Waals surface area contributed by atoms with E-state index in [0.29, 0.717) is 17.8 Å². The van der Waals surface area contributed by atoms with Crippen LogP contribution in [-0.4, -0.2) is 5.91 Å². The number of anilines is 1. The molecule has 0 aliphatic rings. The fourth-order valence-corrected chi connectivity index (χ4v) is 1.69. The summed E-state index contributed by atoms with van der Waals surface area (Å²) >= 11 is 5.57. The molecule has 0 fully saturated rings. The van der Waals surface area contributed by atoms with E-state index < -0.39 is 5.82 Å². The summed E-state index contributed by atoms with van der Waals surface area (Å²) in [5.74, 6) is -0.886. The van der Waals surface area contributed by atoms with Gasteiger partial charge in [-0.3, -0.25) is 4.79 Å². The molecule has 3 nitrogen and oxygen atoms in total. The van der Waals surface area contributed by atoms with Crippen LogP contribution in [0.4, 0.5) is 10.1 Å². The molecule has 0 saturated heterocycles. The standard InChI is InChI=1S/C14H12ClFN2O/c15-12-6-5-11(7-13(12)16)18-14(19)10-3-1-9(8-17)2-4-10/h1-7H,8,17H2,(H,18,19). The molecule has 0 aromatic heterocycles. The predicted molar refractivity (Wildman–Crippen MR) is 73.7 cm³/mol. The van der Waals surface area contributed by atoms with Crippen molar-refractivity contribution in [2.75, 3.05) is 5.32 Å². The second-order valence-corrected chi connectivity index (χ2v) is 4.39. The third kappa shape index (κ3) is 3.30. The van der Waals surface area contributed by atoms with Crippen molar-refractivity contribution < 1.29 is 9.18 Å². The van der Waals surface area contributed by atoms with Gasteiger partial charge in [-0.2, -0.15) is 0 Å². The summed E-state index contributed by atoms with van der Waals surface area (Å²) < 4.78 is 13.2. The van der Waals surface area contributed by atoms with Crippen LogP contribution in [0.2, 0.25) is 5.02 Å². The lowest BCUT2D eigenvalue weighted by atomic mass is 10.1. The van der Waals surface area contributed by atoms with Crippen LogP contribution in [-0.2, 0) is 6.54 Å². The van der Waals surface area contributed by atoms with Gasteiger partial charge in [-0.05, 0) is 35.9 Å². The summed E-state index contributed by atoms with van der Waals surface area (Å²) in [6.45, 7) is 0.421. The molecule has 19 heavy (non-hydrogen) atoms. The Morgan fingerprint density at radius 3 is 2.47 bits per heavy atom. The molecule has 2 rings (SSSR count). The van der Waals surface area contributed by atoms with Gasteiger partial charge in [0.1, 0.15) is 5.82 Å². The van der Waals surface area contributed by atoms with Crippen LogP contribution in [0.1, 0.15) is 15.9 Å². The van der Waals surface area contributed by atoms with Gasteiger partial charge in [0.2, 0.25) is 0 Å². The van der Waals surface area contributed by atoms with E-state index >= 15 is 0 Å². The molecule has 1 amide bonds. The van der Waals surface area contributed by atoms with E-state index in [1.807, 2.05) is 0 Å². The highest BCUT2D eigenvalue weighted by molar-refractivity contribution is 6.30. The highest BCUT2D eigenvalue weighted by Crippen LogP contribution is 2.19. The van der Waals surface area contributed by atoms with Crippen molar-refractivity contribution >= 4 is 23.2 Å². The Morgan fingerprint density at radius 1 is 1.21 bits per heavy atom. The first-order chi connectivity index (χ1) is 9.10. The average Bonchev–Trinajstić information content (AvgIpc) is 2.43. The molecule has 0 radical (unpaired) electrons. The molecule has 0 heterocycles. The fourth-order valence-electron chi connectivity index (χ4n) is 1.57. The average molecular weight is 279 g/mol. The number of nitrogens with two attached hydrogens (primary N) is 1. The molecule has 5 heteroatoms. The topological polar surface area (TPSA) is 55.1 Å². The van der Waals surface area contributed by atoms with E-state index in [0.717, 1.165) is 5.56 Å². The van der Waals surface area contributed by atoms with Crippen LogP contribution < -0.4 is 11.1 Å². The van der Waals surface area contributed by atoms with Gasteiger partial charge in [0.05, 0.1) is 5.02 Å². The van der Waals surface area contributed by atoms with Crippen molar-refractivity contribution in [3.63, 3.8) is 0 Å². The van der Waals surface area contributed by atoms with Crippen LogP contribution in [0.25, 0.3) is 0 Å². The molecule has 3 N–H and O–H groups in total. The molecule has 2 aromatic carbocycles. The quantitative estimate of drug-likeness (QED) is 0.906. The van der Waals surface area contributed by atoms with Crippen LogP contribution in [0.15, 0.2) is 42.5 Å². The van der Waals surface area contributed by atoms with Gasteiger partial charge in [-0.15, -0.1) is 0 Å². The van der Waals surface area contributed by atoms with Crippen molar-refractivity contribution in [2.24, 2.45) is 5.73 Å². The summed E-state index contributed by atoms with van der Waals surface area (Å²) in [5.41, 5.74) is 7.25. The number of nitrogens with one attached hydrogen (secondary N) is 1. The summed E-state index contributed by atoms with van der Waals surface area (Å²) in [6.07, 6.45) is 0. The summed E-state index contributed by atoms with van der Waals surface area (Å²) in [5, 5.41) is 2.61. The van der Waals surface area contributed by atoms with E-state index in [2.05, 4.69) is 5.32 Å². The van der Waals surface area contributed by atoms with Gasteiger partial charge in [-0.25, -0.2) is 4.39 Å². The third-order valence-electron chi connectivity index (χ3n) is 2.63. The van der Waals surface area contributed by atoms with Crippen molar-refractivity contribution in [3.05, 3.63) is 64.4 Å². The first-order valence-corrected chi connectivity index (χ1v) is 6.03.